The van der Waals surface area contributed by atoms with Crippen molar-refractivity contribution in [2.24, 2.45) is 0 Å². The number of fused-ring (bicyclic) bond motifs is 1. The molecular formula is C9H6F3NS. The summed E-state index contributed by atoms with van der Waals surface area (Å²) in [6.45, 7) is 0. The van der Waals surface area contributed by atoms with Crippen molar-refractivity contribution in [3.8, 4) is 0 Å². The molecule has 74 valence electrons. The zero-order valence-electron chi connectivity index (χ0n) is 6.93. The van der Waals surface area contributed by atoms with Crippen molar-refractivity contribution >= 4 is 27.1 Å². The summed E-state index contributed by atoms with van der Waals surface area (Å²) in [5.41, 5.74) is 5.30. The molecule has 1 heterocycles. The van der Waals surface area contributed by atoms with Crippen LogP contribution in [-0.2, 0) is 0 Å². The first kappa shape index (κ1) is 9.33. The second kappa shape index (κ2) is 3.16. The Bertz CT molecular complexity index is 439. The second-order valence-corrected chi connectivity index (χ2v) is 3.98. The first-order valence-electron chi connectivity index (χ1n) is 3.84. The Morgan fingerprint density at radius 1 is 1.21 bits per heavy atom. The minimum Gasteiger partial charge on any atom is -0.396 e. The van der Waals surface area contributed by atoms with E-state index >= 15 is 0 Å². The van der Waals surface area contributed by atoms with Gasteiger partial charge in [-0.3, -0.25) is 0 Å². The highest BCUT2D eigenvalue weighted by atomic mass is 32.1. The molecule has 0 spiro atoms. The van der Waals surface area contributed by atoms with E-state index < -0.39 is 12.2 Å². The van der Waals surface area contributed by atoms with Gasteiger partial charge in [0.1, 0.15) is 5.82 Å². The van der Waals surface area contributed by atoms with Crippen molar-refractivity contribution in [2.75, 3.05) is 5.73 Å². The molecule has 0 fully saturated rings. The van der Waals surface area contributed by atoms with Gasteiger partial charge in [0.15, 0.2) is 0 Å². The summed E-state index contributed by atoms with van der Waals surface area (Å²) >= 11 is 0.883. The van der Waals surface area contributed by atoms with Gasteiger partial charge in [-0.25, -0.2) is 13.2 Å². The Labute approximate surface area is 82.0 Å². The van der Waals surface area contributed by atoms with Crippen LogP contribution in [0.25, 0.3) is 10.1 Å². The molecule has 5 heteroatoms. The van der Waals surface area contributed by atoms with Gasteiger partial charge in [0.05, 0.1) is 10.6 Å². The van der Waals surface area contributed by atoms with Crippen LogP contribution >= 0.6 is 11.3 Å². The number of anilines is 1. The van der Waals surface area contributed by atoms with Crippen LogP contribution in [0.15, 0.2) is 18.2 Å². The fraction of sp³-hybridized carbons (Fsp3) is 0.111. The third kappa shape index (κ3) is 1.43. The molecule has 2 rings (SSSR count). The Morgan fingerprint density at radius 2 is 1.93 bits per heavy atom. The molecule has 0 aliphatic carbocycles. The van der Waals surface area contributed by atoms with E-state index in [-0.39, 0.29) is 10.6 Å². The van der Waals surface area contributed by atoms with Crippen molar-refractivity contribution in [3.05, 3.63) is 28.9 Å². The first-order chi connectivity index (χ1) is 6.58. The Hall–Kier alpha value is -1.23. The van der Waals surface area contributed by atoms with E-state index in [2.05, 4.69) is 0 Å². The average Bonchev–Trinajstić information content (AvgIpc) is 2.48. The number of thiophene rings is 1. The average molecular weight is 217 g/mol. The molecule has 0 saturated heterocycles. The number of nitrogens with two attached hydrogens (primary N) is 1. The van der Waals surface area contributed by atoms with Gasteiger partial charge in [-0.05, 0) is 23.6 Å². The Morgan fingerprint density at radius 3 is 2.57 bits per heavy atom. The van der Waals surface area contributed by atoms with Gasteiger partial charge in [0.25, 0.3) is 6.43 Å². The highest BCUT2D eigenvalue weighted by Crippen LogP contribution is 2.34. The maximum Gasteiger partial charge on any atom is 0.272 e. The number of benzene rings is 1. The first-order valence-corrected chi connectivity index (χ1v) is 4.66. The van der Waals surface area contributed by atoms with Gasteiger partial charge in [0.2, 0.25) is 0 Å². The van der Waals surface area contributed by atoms with E-state index in [1.807, 2.05) is 0 Å². The molecule has 1 nitrogen and oxygen atoms in total. The van der Waals surface area contributed by atoms with Gasteiger partial charge in [0, 0.05) is 4.70 Å². The van der Waals surface area contributed by atoms with Crippen molar-refractivity contribution in [1.29, 1.82) is 0 Å². The van der Waals surface area contributed by atoms with E-state index in [4.69, 9.17) is 5.73 Å². The van der Waals surface area contributed by atoms with E-state index in [1.54, 1.807) is 0 Å². The zero-order valence-corrected chi connectivity index (χ0v) is 7.75. The fourth-order valence-electron chi connectivity index (χ4n) is 1.21. The van der Waals surface area contributed by atoms with E-state index in [9.17, 15) is 13.2 Å². The summed E-state index contributed by atoms with van der Waals surface area (Å²) in [7, 11) is 0. The molecule has 0 radical (unpaired) electrons. The molecule has 14 heavy (non-hydrogen) atoms. The number of nitrogen functional groups attached to an aromatic ring is 1. The maximum atomic E-state index is 13.0. The lowest BCUT2D eigenvalue weighted by molar-refractivity contribution is 0.156. The van der Waals surface area contributed by atoms with E-state index in [1.165, 1.54) is 18.2 Å². The lowest BCUT2D eigenvalue weighted by Gasteiger charge is -1.94. The highest BCUT2D eigenvalue weighted by molar-refractivity contribution is 7.19. The molecule has 2 aromatic rings. The lowest BCUT2D eigenvalue weighted by Crippen LogP contribution is -1.88. The van der Waals surface area contributed by atoms with Crippen LogP contribution in [0, 0.1) is 5.82 Å². The Balaban J connectivity index is 2.66. The summed E-state index contributed by atoms with van der Waals surface area (Å²) in [5.74, 6) is -0.569. The molecular weight excluding hydrogens is 211 g/mol. The summed E-state index contributed by atoms with van der Waals surface area (Å²) < 4.78 is 38.0. The Kier molecular flexibility index (Phi) is 2.11. The maximum absolute atomic E-state index is 13.0. The SMILES string of the molecule is Nc1cc2cc(C(F)F)sc2cc1F. The molecule has 0 aliphatic heterocycles. The summed E-state index contributed by atoms with van der Waals surface area (Å²) in [6, 6.07) is 3.88. The highest BCUT2D eigenvalue weighted by Gasteiger charge is 2.12. The number of hydrogen-bond donors (Lipinski definition) is 1. The summed E-state index contributed by atoms with van der Waals surface area (Å²) in [4.78, 5) is -0.0648. The lowest BCUT2D eigenvalue weighted by atomic mass is 10.2. The summed E-state index contributed by atoms with van der Waals surface area (Å²) in [5, 5.41) is 0.559. The van der Waals surface area contributed by atoms with Gasteiger partial charge in [-0.15, -0.1) is 11.3 Å². The fourth-order valence-corrected chi connectivity index (χ4v) is 2.13. The van der Waals surface area contributed by atoms with Crippen LogP contribution in [0.4, 0.5) is 18.9 Å². The van der Waals surface area contributed by atoms with Crippen LogP contribution in [0.5, 0.6) is 0 Å². The number of rotatable bonds is 1. The van der Waals surface area contributed by atoms with Crippen molar-refractivity contribution < 1.29 is 13.2 Å². The molecule has 0 aliphatic rings. The molecule has 0 unspecified atom stereocenters. The van der Waals surface area contributed by atoms with Crippen LogP contribution < -0.4 is 5.73 Å². The predicted molar refractivity (Wildman–Crippen MR) is 51.2 cm³/mol. The smallest absolute Gasteiger partial charge is 0.272 e. The third-order valence-electron chi connectivity index (χ3n) is 1.87. The number of halogens is 3. The van der Waals surface area contributed by atoms with Gasteiger partial charge in [-0.2, -0.15) is 0 Å². The molecule has 0 bridgehead atoms. The molecule has 0 amide bonds. The van der Waals surface area contributed by atoms with Crippen molar-refractivity contribution in [1.82, 2.24) is 0 Å². The normalized spacial score (nSPS) is 11.4. The topological polar surface area (TPSA) is 26.0 Å². The minimum absolute atomic E-state index is 0.0175. The van der Waals surface area contributed by atoms with Crippen LogP contribution in [0.2, 0.25) is 0 Å². The van der Waals surface area contributed by atoms with Crippen molar-refractivity contribution in [2.45, 2.75) is 6.43 Å². The monoisotopic (exact) mass is 217 g/mol. The molecule has 0 saturated carbocycles. The van der Waals surface area contributed by atoms with Gasteiger partial charge >= 0.3 is 0 Å². The number of alkyl halides is 2. The summed E-state index contributed by atoms with van der Waals surface area (Å²) in [6.07, 6.45) is -2.52. The van der Waals surface area contributed by atoms with Crippen LogP contribution in [-0.4, -0.2) is 0 Å². The third-order valence-corrected chi connectivity index (χ3v) is 2.97. The van der Waals surface area contributed by atoms with Gasteiger partial charge < -0.3 is 5.73 Å². The van der Waals surface area contributed by atoms with Crippen LogP contribution in [0.3, 0.4) is 0 Å². The minimum atomic E-state index is -2.52. The second-order valence-electron chi connectivity index (χ2n) is 2.86. The molecule has 1 aromatic carbocycles. The quantitative estimate of drug-likeness (QED) is 0.726. The van der Waals surface area contributed by atoms with Crippen molar-refractivity contribution in [3.63, 3.8) is 0 Å². The predicted octanol–water partition coefficient (Wildman–Crippen LogP) is 3.56. The standard InChI is InChI=1S/C9H6F3NS/c10-5-3-7-4(1-6(5)13)2-8(14-7)9(11)12/h1-3,9H,13H2. The van der Waals surface area contributed by atoms with Gasteiger partial charge in [-0.1, -0.05) is 0 Å². The van der Waals surface area contributed by atoms with Crippen LogP contribution in [0.1, 0.15) is 11.3 Å². The van der Waals surface area contributed by atoms with E-state index in [0.29, 0.717) is 10.1 Å². The number of hydrogen-bond acceptors (Lipinski definition) is 2. The molecule has 0 atom stereocenters. The molecule has 2 N–H and O–H groups in total. The van der Waals surface area contributed by atoms with E-state index in [0.717, 1.165) is 11.3 Å². The largest absolute Gasteiger partial charge is 0.396 e. The molecule has 1 aromatic heterocycles. The zero-order chi connectivity index (χ0) is 10.3.